The van der Waals surface area contributed by atoms with Gasteiger partial charge in [0.1, 0.15) is 11.3 Å². The smallest absolute Gasteiger partial charge is 0.178 e. The summed E-state index contributed by atoms with van der Waals surface area (Å²) in [6.07, 6.45) is 2.35. The summed E-state index contributed by atoms with van der Waals surface area (Å²) in [5, 5.41) is 0. The molecule has 0 aliphatic heterocycles. The highest BCUT2D eigenvalue weighted by atomic mass is 32.1. The molecule has 0 aliphatic rings. The van der Waals surface area contributed by atoms with Gasteiger partial charge < -0.3 is 9.55 Å². The van der Waals surface area contributed by atoms with Crippen molar-refractivity contribution in [2.45, 2.75) is 13.0 Å². The number of benzene rings is 1. The van der Waals surface area contributed by atoms with Crippen LogP contribution in [0.25, 0.3) is 11.0 Å². The maximum atomic E-state index is 13.7. The number of aromatic nitrogens is 3. The van der Waals surface area contributed by atoms with E-state index in [-0.39, 0.29) is 5.52 Å². The Labute approximate surface area is 118 Å². The molecule has 6 heteroatoms. The third-order valence-corrected chi connectivity index (χ3v) is 3.44. The van der Waals surface area contributed by atoms with Crippen LogP contribution >= 0.6 is 12.2 Å². The van der Waals surface area contributed by atoms with Gasteiger partial charge in [-0.1, -0.05) is 6.07 Å². The number of pyridine rings is 1. The molecule has 0 atom stereocenters. The number of hydrogen-bond donors (Lipinski definition) is 1. The standard InChI is InChI=1S/C14H11F2N3S/c15-9-7-11(16)13-12(8-9)19(14(20)18-13)6-4-10-3-1-2-5-17-10/h1-3,5,7-8H,4,6H2,(H,18,20). The molecule has 0 saturated heterocycles. The topological polar surface area (TPSA) is 33.6 Å². The summed E-state index contributed by atoms with van der Waals surface area (Å²) in [5.74, 6) is -1.25. The zero-order valence-corrected chi connectivity index (χ0v) is 11.3. The SMILES string of the molecule is Fc1cc(F)c2[nH]c(=S)n(CCc3ccccn3)c2c1. The Balaban J connectivity index is 1.99. The van der Waals surface area contributed by atoms with Gasteiger partial charge in [0, 0.05) is 30.9 Å². The van der Waals surface area contributed by atoms with E-state index in [1.165, 1.54) is 6.07 Å². The Bertz CT molecular complexity index is 808. The number of aryl methyl sites for hydroxylation is 2. The molecule has 0 amide bonds. The van der Waals surface area contributed by atoms with Crippen molar-refractivity contribution in [1.29, 1.82) is 0 Å². The van der Waals surface area contributed by atoms with Crippen LogP contribution in [0.15, 0.2) is 36.5 Å². The first kappa shape index (κ1) is 12.9. The molecule has 3 rings (SSSR count). The first-order chi connectivity index (χ1) is 9.65. The molecule has 0 fully saturated rings. The molecule has 0 unspecified atom stereocenters. The molecule has 3 nitrogen and oxygen atoms in total. The highest BCUT2D eigenvalue weighted by Crippen LogP contribution is 2.19. The summed E-state index contributed by atoms with van der Waals surface area (Å²) in [6.45, 7) is 0.513. The summed E-state index contributed by atoms with van der Waals surface area (Å²) in [4.78, 5) is 6.99. The number of H-pyrrole nitrogens is 1. The highest BCUT2D eigenvalue weighted by molar-refractivity contribution is 7.71. The molecule has 20 heavy (non-hydrogen) atoms. The Morgan fingerprint density at radius 1 is 1.25 bits per heavy atom. The van der Waals surface area contributed by atoms with Crippen LogP contribution in [0.3, 0.4) is 0 Å². The molecule has 2 aromatic heterocycles. The predicted molar refractivity (Wildman–Crippen MR) is 75.0 cm³/mol. The van der Waals surface area contributed by atoms with Crippen molar-refractivity contribution in [2.75, 3.05) is 0 Å². The summed E-state index contributed by atoms with van der Waals surface area (Å²) in [7, 11) is 0. The van der Waals surface area contributed by atoms with Crippen LogP contribution in [-0.4, -0.2) is 14.5 Å². The van der Waals surface area contributed by atoms with Crippen molar-refractivity contribution in [3.8, 4) is 0 Å². The van der Waals surface area contributed by atoms with Crippen LogP contribution in [-0.2, 0) is 13.0 Å². The average molecular weight is 291 g/mol. The molecule has 1 aromatic carbocycles. The van der Waals surface area contributed by atoms with E-state index in [4.69, 9.17) is 12.2 Å². The molecule has 102 valence electrons. The maximum absolute atomic E-state index is 13.7. The minimum Gasteiger partial charge on any atom is -0.328 e. The summed E-state index contributed by atoms with van der Waals surface area (Å²) in [6, 6.07) is 7.77. The number of nitrogens with zero attached hydrogens (tertiary/aromatic N) is 2. The zero-order valence-electron chi connectivity index (χ0n) is 10.4. The number of halogens is 2. The van der Waals surface area contributed by atoms with Gasteiger partial charge in [0.15, 0.2) is 10.6 Å². The first-order valence-electron chi connectivity index (χ1n) is 6.12. The van der Waals surface area contributed by atoms with E-state index in [1.807, 2.05) is 18.2 Å². The molecule has 0 bridgehead atoms. The normalized spacial score (nSPS) is 11.1. The number of hydrogen-bond acceptors (Lipinski definition) is 2. The van der Waals surface area contributed by atoms with E-state index >= 15 is 0 Å². The zero-order chi connectivity index (χ0) is 14.1. The predicted octanol–water partition coefficient (Wildman–Crippen LogP) is 3.61. The van der Waals surface area contributed by atoms with Crippen molar-refractivity contribution in [3.05, 3.63) is 58.6 Å². The fourth-order valence-electron chi connectivity index (χ4n) is 2.17. The second-order valence-corrected chi connectivity index (χ2v) is 4.82. The molecular formula is C14H11F2N3S. The van der Waals surface area contributed by atoms with E-state index < -0.39 is 11.6 Å². The Morgan fingerprint density at radius 2 is 2.10 bits per heavy atom. The van der Waals surface area contributed by atoms with Crippen LogP contribution < -0.4 is 0 Å². The van der Waals surface area contributed by atoms with Crippen LogP contribution in [0.2, 0.25) is 0 Å². The first-order valence-corrected chi connectivity index (χ1v) is 6.53. The Morgan fingerprint density at radius 3 is 2.85 bits per heavy atom. The van der Waals surface area contributed by atoms with E-state index in [0.29, 0.717) is 23.3 Å². The molecular weight excluding hydrogens is 280 g/mol. The van der Waals surface area contributed by atoms with Crippen molar-refractivity contribution in [3.63, 3.8) is 0 Å². The average Bonchev–Trinajstić information content (AvgIpc) is 2.74. The fraction of sp³-hybridized carbons (Fsp3) is 0.143. The molecule has 0 saturated carbocycles. The third-order valence-electron chi connectivity index (χ3n) is 3.12. The Kier molecular flexibility index (Phi) is 3.31. The molecule has 3 aromatic rings. The second kappa shape index (κ2) is 5.13. The highest BCUT2D eigenvalue weighted by Gasteiger charge is 2.11. The number of rotatable bonds is 3. The molecule has 0 spiro atoms. The van der Waals surface area contributed by atoms with Gasteiger partial charge in [-0.2, -0.15) is 0 Å². The van der Waals surface area contributed by atoms with Crippen LogP contribution in [0.1, 0.15) is 5.69 Å². The fourth-order valence-corrected chi connectivity index (χ4v) is 2.47. The van der Waals surface area contributed by atoms with Gasteiger partial charge >= 0.3 is 0 Å². The van der Waals surface area contributed by atoms with Gasteiger partial charge in [0.2, 0.25) is 0 Å². The third kappa shape index (κ3) is 2.34. The van der Waals surface area contributed by atoms with Gasteiger partial charge in [0.05, 0.1) is 5.52 Å². The van der Waals surface area contributed by atoms with Gasteiger partial charge in [0.25, 0.3) is 0 Å². The molecule has 0 radical (unpaired) electrons. The van der Waals surface area contributed by atoms with Crippen molar-refractivity contribution >= 4 is 23.3 Å². The lowest BCUT2D eigenvalue weighted by atomic mass is 10.2. The van der Waals surface area contributed by atoms with Gasteiger partial charge in [-0.3, -0.25) is 4.98 Å². The van der Waals surface area contributed by atoms with E-state index in [2.05, 4.69) is 9.97 Å². The molecule has 2 heterocycles. The summed E-state index contributed by atoms with van der Waals surface area (Å²) < 4.78 is 29.1. The van der Waals surface area contributed by atoms with Gasteiger partial charge in [-0.25, -0.2) is 8.78 Å². The lowest BCUT2D eigenvalue weighted by Crippen LogP contribution is -2.02. The number of aromatic amines is 1. The van der Waals surface area contributed by atoms with Crippen molar-refractivity contribution < 1.29 is 8.78 Å². The summed E-state index contributed by atoms with van der Waals surface area (Å²) in [5.41, 5.74) is 1.57. The number of imidazole rings is 1. The van der Waals surface area contributed by atoms with Crippen molar-refractivity contribution in [1.82, 2.24) is 14.5 Å². The monoisotopic (exact) mass is 291 g/mol. The quantitative estimate of drug-likeness (QED) is 0.748. The lowest BCUT2D eigenvalue weighted by Gasteiger charge is -2.04. The molecule has 1 N–H and O–H groups in total. The molecule has 0 aliphatic carbocycles. The van der Waals surface area contributed by atoms with Gasteiger partial charge in [-0.05, 0) is 30.4 Å². The van der Waals surface area contributed by atoms with Crippen LogP contribution in [0.5, 0.6) is 0 Å². The number of nitrogens with one attached hydrogen (secondary N) is 1. The van der Waals surface area contributed by atoms with Crippen molar-refractivity contribution in [2.24, 2.45) is 0 Å². The van der Waals surface area contributed by atoms with E-state index in [0.717, 1.165) is 11.8 Å². The minimum atomic E-state index is -0.636. The van der Waals surface area contributed by atoms with Crippen LogP contribution in [0.4, 0.5) is 8.78 Å². The van der Waals surface area contributed by atoms with Crippen LogP contribution in [0, 0.1) is 16.4 Å². The Hall–Kier alpha value is -2.08. The largest absolute Gasteiger partial charge is 0.328 e. The minimum absolute atomic E-state index is 0.234. The summed E-state index contributed by atoms with van der Waals surface area (Å²) >= 11 is 5.17. The number of fused-ring (bicyclic) bond motifs is 1. The van der Waals surface area contributed by atoms with E-state index in [9.17, 15) is 8.78 Å². The van der Waals surface area contributed by atoms with E-state index in [1.54, 1.807) is 10.8 Å². The lowest BCUT2D eigenvalue weighted by molar-refractivity contribution is 0.589. The second-order valence-electron chi connectivity index (χ2n) is 4.43. The van der Waals surface area contributed by atoms with Gasteiger partial charge in [-0.15, -0.1) is 0 Å². The maximum Gasteiger partial charge on any atom is 0.178 e.